The molecule has 1 atom stereocenters. The molecule has 43 heavy (non-hydrogen) atoms. The molecule has 1 unspecified atom stereocenters. The van der Waals surface area contributed by atoms with Gasteiger partial charge in [0.05, 0.1) is 26.2 Å². The number of hydrogen-bond donors (Lipinski definition) is 5. The third kappa shape index (κ3) is 15.1. The van der Waals surface area contributed by atoms with E-state index in [2.05, 4.69) is 10.6 Å². The molecule has 3 amide bonds. The zero-order valence-corrected chi connectivity index (χ0v) is 24.8. The molecule has 244 valence electrons. The molecule has 0 radical (unpaired) electrons. The smallest absolute Gasteiger partial charge is 0.317 e. The van der Waals surface area contributed by atoms with Crippen LogP contribution in [0.2, 0.25) is 0 Å². The van der Waals surface area contributed by atoms with Gasteiger partial charge in [0.2, 0.25) is 18.2 Å². The molecule has 0 aromatic heterocycles. The minimum absolute atomic E-state index is 0.0374. The average molecular weight is 614 g/mol. The minimum atomic E-state index is -1.02. The van der Waals surface area contributed by atoms with Crippen molar-refractivity contribution in [2.75, 3.05) is 98.2 Å². The van der Waals surface area contributed by atoms with Gasteiger partial charge in [-0.3, -0.25) is 48.4 Å². The van der Waals surface area contributed by atoms with Crippen LogP contribution >= 0.6 is 0 Å². The number of carbonyl (C=O) groups is 6. The Bertz CT molecular complexity index is 900. The Kier molecular flexibility index (Phi) is 16.5. The lowest BCUT2D eigenvalue weighted by molar-refractivity contribution is -0.140. The van der Waals surface area contributed by atoms with E-state index >= 15 is 0 Å². The number of hydrogen-bond acceptors (Lipinski definition) is 10. The molecule has 2 saturated heterocycles. The monoisotopic (exact) mass is 613 g/mol. The molecule has 5 N–H and O–H groups in total. The highest BCUT2D eigenvalue weighted by Gasteiger charge is 2.26. The number of rotatable bonds is 16. The highest BCUT2D eigenvalue weighted by molar-refractivity contribution is 5.83. The van der Waals surface area contributed by atoms with E-state index < -0.39 is 23.9 Å². The normalized spacial score (nSPS) is 19.1. The summed E-state index contributed by atoms with van der Waals surface area (Å²) in [6.45, 7) is 3.71. The summed E-state index contributed by atoms with van der Waals surface area (Å²) in [6.07, 6.45) is 4.17. The van der Waals surface area contributed by atoms with Crippen molar-refractivity contribution < 1.29 is 44.1 Å². The molecule has 0 spiro atoms. The summed E-state index contributed by atoms with van der Waals surface area (Å²) >= 11 is 0. The van der Waals surface area contributed by atoms with Crippen molar-refractivity contribution >= 4 is 36.1 Å². The van der Waals surface area contributed by atoms with Crippen LogP contribution in [0.3, 0.4) is 0 Å². The van der Waals surface area contributed by atoms with Gasteiger partial charge >= 0.3 is 17.9 Å². The molecule has 0 aromatic rings. The van der Waals surface area contributed by atoms with Crippen LogP contribution in [-0.4, -0.2) is 180 Å². The second-order valence-electron chi connectivity index (χ2n) is 11.0. The Labute approximate surface area is 251 Å². The number of likely N-dealkylation sites (tertiary alicyclic amines) is 1. The third-order valence-electron chi connectivity index (χ3n) is 7.60. The van der Waals surface area contributed by atoms with Crippen LogP contribution in [-0.2, 0) is 28.8 Å². The van der Waals surface area contributed by atoms with Crippen LogP contribution in [0.1, 0.15) is 32.1 Å². The number of nitrogens with one attached hydrogen (secondary N) is 2. The Morgan fingerprint density at radius 1 is 0.628 bits per heavy atom. The average Bonchev–Trinajstić information content (AvgIpc) is 3.47. The fraction of sp³-hybridized carbons (Fsp3) is 0.778. The topological polar surface area (TPSA) is 203 Å². The van der Waals surface area contributed by atoms with Gasteiger partial charge in [0.15, 0.2) is 0 Å². The first-order valence-electron chi connectivity index (χ1n) is 14.9. The molecule has 2 aliphatic heterocycles. The lowest BCUT2D eigenvalue weighted by Crippen LogP contribution is -2.49. The molecule has 2 rings (SSSR count). The summed E-state index contributed by atoms with van der Waals surface area (Å²) < 4.78 is 0. The van der Waals surface area contributed by atoms with Crippen LogP contribution < -0.4 is 10.6 Å². The van der Waals surface area contributed by atoms with Gasteiger partial charge in [-0.1, -0.05) is 0 Å². The van der Waals surface area contributed by atoms with E-state index in [0.717, 1.165) is 12.8 Å². The molecule has 16 nitrogen and oxygen atoms in total. The maximum atomic E-state index is 12.8. The van der Waals surface area contributed by atoms with E-state index in [9.17, 15) is 44.1 Å². The van der Waals surface area contributed by atoms with Crippen molar-refractivity contribution in [2.45, 2.75) is 38.1 Å². The summed E-state index contributed by atoms with van der Waals surface area (Å²) in [5, 5.41) is 33.5. The van der Waals surface area contributed by atoms with E-state index in [0.29, 0.717) is 97.7 Å². The molecule has 16 heteroatoms. The van der Waals surface area contributed by atoms with Gasteiger partial charge in [0.25, 0.3) is 0 Å². The third-order valence-corrected chi connectivity index (χ3v) is 7.60. The molecular weight excluding hydrogens is 566 g/mol. The van der Waals surface area contributed by atoms with Crippen molar-refractivity contribution in [3.8, 4) is 0 Å². The predicted octanol–water partition coefficient (Wildman–Crippen LogP) is -2.51. The Hall–Kier alpha value is -3.34. The van der Waals surface area contributed by atoms with Crippen molar-refractivity contribution in [3.63, 3.8) is 0 Å². The minimum Gasteiger partial charge on any atom is -0.480 e. The SMILES string of the molecule is O=CNC(CCCCNC(=O)CN1CCN(CC(=O)O)CCN(CC(=O)O)CCN(CC(=O)O)CC1)C(=O)N1CCCC1. The first kappa shape index (κ1) is 35.9. The predicted molar refractivity (Wildman–Crippen MR) is 154 cm³/mol. The number of amides is 3. The summed E-state index contributed by atoms with van der Waals surface area (Å²) in [5.74, 6) is -3.35. The molecule has 2 fully saturated rings. The maximum absolute atomic E-state index is 12.8. The van der Waals surface area contributed by atoms with Crippen LogP contribution in [0.25, 0.3) is 0 Å². The van der Waals surface area contributed by atoms with Crippen molar-refractivity contribution in [1.29, 1.82) is 0 Å². The first-order chi connectivity index (χ1) is 20.6. The van der Waals surface area contributed by atoms with Crippen molar-refractivity contribution in [3.05, 3.63) is 0 Å². The zero-order valence-electron chi connectivity index (χ0n) is 24.8. The number of unbranched alkanes of at least 4 members (excludes halogenated alkanes) is 1. The molecule has 0 bridgehead atoms. The van der Waals surface area contributed by atoms with Gasteiger partial charge in [-0.25, -0.2) is 0 Å². The molecule has 0 aliphatic carbocycles. The van der Waals surface area contributed by atoms with Gasteiger partial charge in [-0.2, -0.15) is 0 Å². The lowest BCUT2D eigenvalue weighted by Gasteiger charge is -2.32. The Morgan fingerprint density at radius 2 is 1.05 bits per heavy atom. The van der Waals surface area contributed by atoms with Crippen LogP contribution in [0.5, 0.6) is 0 Å². The summed E-state index contributed by atoms with van der Waals surface area (Å²) in [4.78, 5) is 79.3. The van der Waals surface area contributed by atoms with Gasteiger partial charge < -0.3 is 30.9 Å². The van der Waals surface area contributed by atoms with Gasteiger partial charge in [0.1, 0.15) is 6.04 Å². The lowest BCUT2D eigenvalue weighted by atomic mass is 10.1. The highest BCUT2D eigenvalue weighted by atomic mass is 16.4. The van der Waals surface area contributed by atoms with Crippen LogP contribution in [0, 0.1) is 0 Å². The quantitative estimate of drug-likeness (QED) is 0.0903. The summed E-state index contributed by atoms with van der Waals surface area (Å²) in [5.41, 5.74) is 0. The maximum Gasteiger partial charge on any atom is 0.317 e. The number of aliphatic carboxylic acids is 3. The van der Waals surface area contributed by atoms with Crippen LogP contribution in [0.15, 0.2) is 0 Å². The number of carboxylic acids is 3. The fourth-order valence-electron chi connectivity index (χ4n) is 5.26. The second kappa shape index (κ2) is 19.8. The first-order valence-corrected chi connectivity index (χ1v) is 14.9. The largest absolute Gasteiger partial charge is 0.480 e. The molecular formula is C27H47N7O9. The van der Waals surface area contributed by atoms with Gasteiger partial charge in [0, 0.05) is 72.0 Å². The molecule has 0 aromatic carbocycles. The zero-order chi connectivity index (χ0) is 31.6. The summed E-state index contributed by atoms with van der Waals surface area (Å²) in [7, 11) is 0. The number of carboxylic acid groups (broad SMARTS) is 3. The number of nitrogens with zero attached hydrogens (tertiary/aromatic N) is 5. The van der Waals surface area contributed by atoms with Crippen molar-refractivity contribution in [1.82, 2.24) is 35.1 Å². The van der Waals surface area contributed by atoms with Crippen molar-refractivity contribution in [2.24, 2.45) is 0 Å². The fourth-order valence-corrected chi connectivity index (χ4v) is 5.26. The molecule has 0 saturated carbocycles. The second-order valence-corrected chi connectivity index (χ2v) is 11.0. The van der Waals surface area contributed by atoms with Crippen LogP contribution in [0.4, 0.5) is 0 Å². The number of carbonyl (C=O) groups excluding carboxylic acids is 3. The Balaban J connectivity index is 1.91. The molecule has 2 aliphatic rings. The standard InChI is InChI=1S/C27H47N7O9/c35-21-29-22(27(43)34-7-3-4-8-34)5-1-2-6-28-23(36)17-30-9-11-31(18-24(37)38)13-15-33(20-26(41)42)16-14-32(12-10-30)19-25(39)40/h21-22H,1-20H2,(H,28,36)(H,29,35)(H,37,38)(H,39,40)(H,41,42). The van der Waals surface area contributed by atoms with Gasteiger partial charge in [-0.15, -0.1) is 0 Å². The Morgan fingerprint density at radius 3 is 1.44 bits per heavy atom. The van der Waals surface area contributed by atoms with E-state index in [4.69, 9.17) is 0 Å². The van der Waals surface area contributed by atoms with E-state index in [1.54, 1.807) is 19.6 Å². The van der Waals surface area contributed by atoms with E-state index in [-0.39, 0.29) is 38.0 Å². The van der Waals surface area contributed by atoms with Gasteiger partial charge in [-0.05, 0) is 32.1 Å². The molecule has 2 heterocycles. The van der Waals surface area contributed by atoms with E-state index in [1.165, 1.54) is 0 Å². The van der Waals surface area contributed by atoms with E-state index in [1.807, 2.05) is 4.90 Å². The summed E-state index contributed by atoms with van der Waals surface area (Å²) in [6, 6.07) is -0.577. The highest BCUT2D eigenvalue weighted by Crippen LogP contribution is 2.12.